The number of likely N-dealkylation sites (tertiary alicyclic amines) is 1. The van der Waals surface area contributed by atoms with Crippen molar-refractivity contribution < 1.29 is 19.1 Å². The van der Waals surface area contributed by atoms with Crippen molar-refractivity contribution in [3.8, 4) is 5.75 Å². The highest BCUT2D eigenvalue weighted by Gasteiger charge is 2.41. The molecule has 42 heavy (non-hydrogen) atoms. The molecule has 1 saturated heterocycles. The highest BCUT2D eigenvalue weighted by Crippen LogP contribution is 2.29. The van der Waals surface area contributed by atoms with Crippen LogP contribution < -0.4 is 20.7 Å². The predicted octanol–water partition coefficient (Wildman–Crippen LogP) is 4.05. The van der Waals surface area contributed by atoms with Crippen LogP contribution >= 0.6 is 0 Å². The number of ether oxygens (including phenoxy) is 1. The Balaban J connectivity index is 1.48. The molecule has 2 heterocycles. The van der Waals surface area contributed by atoms with Crippen molar-refractivity contribution in [2.45, 2.75) is 84.9 Å². The molecule has 3 amide bonds. The van der Waals surface area contributed by atoms with Gasteiger partial charge in [-0.25, -0.2) is 0 Å². The fourth-order valence-electron chi connectivity index (χ4n) is 5.94. The summed E-state index contributed by atoms with van der Waals surface area (Å²) in [6.45, 7) is 12.2. The lowest BCUT2D eigenvalue weighted by Crippen LogP contribution is -2.60. The van der Waals surface area contributed by atoms with Crippen LogP contribution in [0.3, 0.4) is 0 Å². The van der Waals surface area contributed by atoms with Crippen LogP contribution in [0.25, 0.3) is 10.8 Å². The van der Waals surface area contributed by atoms with E-state index in [9.17, 15) is 14.4 Å². The number of benzene rings is 2. The van der Waals surface area contributed by atoms with E-state index in [1.807, 2.05) is 51.1 Å². The lowest BCUT2D eigenvalue weighted by molar-refractivity contribution is -0.140. The maximum atomic E-state index is 14.0. The van der Waals surface area contributed by atoms with Gasteiger partial charge in [-0.1, -0.05) is 83.9 Å². The average Bonchev–Trinajstić information content (AvgIpc) is 3.67. The molecule has 2 aliphatic heterocycles. The lowest BCUT2D eigenvalue weighted by Gasteiger charge is -2.35. The zero-order valence-corrected chi connectivity index (χ0v) is 25.7. The van der Waals surface area contributed by atoms with Gasteiger partial charge in [0.25, 0.3) is 5.91 Å². The first-order valence-electron chi connectivity index (χ1n) is 15.4. The van der Waals surface area contributed by atoms with Crippen molar-refractivity contribution in [2.24, 2.45) is 16.3 Å². The molecule has 0 spiro atoms. The van der Waals surface area contributed by atoms with Crippen LogP contribution in [0.5, 0.6) is 5.75 Å². The van der Waals surface area contributed by atoms with Gasteiger partial charge < -0.3 is 25.6 Å². The topological polar surface area (TPSA) is 112 Å². The minimum absolute atomic E-state index is 0.0491. The quantitative estimate of drug-likeness (QED) is 0.352. The molecule has 3 atom stereocenters. The van der Waals surface area contributed by atoms with E-state index in [-0.39, 0.29) is 35.6 Å². The molecule has 9 heteroatoms. The second-order valence-corrected chi connectivity index (χ2v) is 12.5. The van der Waals surface area contributed by atoms with E-state index >= 15 is 0 Å². The summed E-state index contributed by atoms with van der Waals surface area (Å²) in [5, 5.41) is 11.2. The largest absolute Gasteiger partial charge is 0.488 e. The number of carbonyl (C=O) groups is 3. The summed E-state index contributed by atoms with van der Waals surface area (Å²) in [4.78, 5) is 46.9. The third kappa shape index (κ3) is 7.61. The summed E-state index contributed by atoms with van der Waals surface area (Å²) in [5.74, 6) is 0.186. The van der Waals surface area contributed by atoms with Crippen LogP contribution in [0.2, 0.25) is 0 Å². The van der Waals surface area contributed by atoms with Crippen molar-refractivity contribution in [1.82, 2.24) is 20.9 Å². The molecule has 4 rings (SSSR count). The van der Waals surface area contributed by atoms with E-state index in [2.05, 4.69) is 46.9 Å². The summed E-state index contributed by atoms with van der Waals surface area (Å²) in [5.41, 5.74) is -0.544. The summed E-state index contributed by atoms with van der Waals surface area (Å²) in [6, 6.07) is 12.6. The first-order valence-corrected chi connectivity index (χ1v) is 15.4. The van der Waals surface area contributed by atoms with Crippen molar-refractivity contribution in [3.05, 3.63) is 42.5 Å². The average molecular weight is 578 g/mol. The number of hydrogen-bond acceptors (Lipinski definition) is 6. The van der Waals surface area contributed by atoms with Crippen LogP contribution in [0.15, 0.2) is 47.5 Å². The number of aliphatic imine (C=N–C) groups is 1. The van der Waals surface area contributed by atoms with E-state index in [1.165, 1.54) is 0 Å². The summed E-state index contributed by atoms with van der Waals surface area (Å²) >= 11 is 0. The number of rotatable bonds is 12. The van der Waals surface area contributed by atoms with Crippen LogP contribution in [-0.2, 0) is 14.4 Å². The van der Waals surface area contributed by atoms with E-state index in [0.29, 0.717) is 32.6 Å². The molecule has 0 aliphatic carbocycles. The number of carbonyl (C=O) groups excluding carboxylic acids is 3. The molecule has 1 fully saturated rings. The minimum Gasteiger partial charge on any atom is -0.488 e. The molecule has 0 bridgehead atoms. The van der Waals surface area contributed by atoms with E-state index in [0.717, 1.165) is 42.2 Å². The Morgan fingerprint density at radius 1 is 1.05 bits per heavy atom. The zero-order valence-electron chi connectivity index (χ0n) is 25.7. The number of fused-ring (bicyclic) bond motifs is 1. The molecular weight excluding hydrogens is 530 g/mol. The normalized spacial score (nSPS) is 18.4. The standard InChI is InChI=1S/C33H47N5O4/c1-6-11-23(12-7-2)27(36-31(40)29-34-18-19-35-29)30(39)37-28(33(3,4)5)32(41)38-20-17-24(21-38)42-26-16-10-14-22-13-8-9-15-25(22)26/h8-10,13-16,23-24,27-28H,6-7,11-12,17-21H2,1-5H3,(H,34,35)(H,36,40)(H,37,39)/t24-,27+,28?/m1/s1. The number of nitrogens with one attached hydrogen (secondary N) is 3. The number of hydrogen-bond donors (Lipinski definition) is 3. The third-order valence-electron chi connectivity index (χ3n) is 8.15. The molecule has 9 nitrogen and oxygen atoms in total. The van der Waals surface area contributed by atoms with Crippen molar-refractivity contribution in [3.63, 3.8) is 0 Å². The summed E-state index contributed by atoms with van der Waals surface area (Å²) < 4.78 is 6.39. The van der Waals surface area contributed by atoms with Gasteiger partial charge in [-0.05, 0) is 35.6 Å². The molecule has 0 aromatic heterocycles. The number of amidine groups is 1. The van der Waals surface area contributed by atoms with Gasteiger partial charge in [-0.2, -0.15) is 0 Å². The second-order valence-electron chi connectivity index (χ2n) is 12.5. The summed E-state index contributed by atoms with van der Waals surface area (Å²) in [6.07, 6.45) is 3.93. The number of amides is 3. The first kappa shape index (κ1) is 31.3. The predicted molar refractivity (Wildman–Crippen MR) is 166 cm³/mol. The molecule has 0 radical (unpaired) electrons. The van der Waals surface area contributed by atoms with Crippen LogP contribution in [-0.4, -0.2) is 72.8 Å². The van der Waals surface area contributed by atoms with E-state index in [4.69, 9.17) is 4.74 Å². The molecule has 2 aliphatic rings. The highest BCUT2D eigenvalue weighted by molar-refractivity contribution is 6.38. The van der Waals surface area contributed by atoms with Gasteiger partial charge in [0.1, 0.15) is 23.9 Å². The molecular formula is C33H47N5O4. The maximum absolute atomic E-state index is 14.0. The SMILES string of the molecule is CCCC(CCC)[C@H](NC(=O)C1=NCCN1)C(=O)NC(C(=O)N1CC[C@@H](Oc2cccc3ccccc23)C1)C(C)(C)C. The third-order valence-corrected chi connectivity index (χ3v) is 8.15. The van der Waals surface area contributed by atoms with Gasteiger partial charge in [0.15, 0.2) is 5.84 Å². The maximum Gasteiger partial charge on any atom is 0.287 e. The van der Waals surface area contributed by atoms with Gasteiger partial charge >= 0.3 is 0 Å². The smallest absolute Gasteiger partial charge is 0.287 e. The Kier molecular flexibility index (Phi) is 10.5. The Bertz CT molecular complexity index is 1280. The second kappa shape index (κ2) is 14.0. The summed E-state index contributed by atoms with van der Waals surface area (Å²) in [7, 11) is 0. The van der Waals surface area contributed by atoms with Gasteiger partial charge in [0, 0.05) is 24.9 Å². The Labute approximate surface area is 249 Å². The Hall–Kier alpha value is -3.62. The van der Waals surface area contributed by atoms with Crippen LogP contribution in [0, 0.1) is 11.3 Å². The van der Waals surface area contributed by atoms with E-state index in [1.54, 1.807) is 4.90 Å². The molecule has 228 valence electrons. The zero-order chi connectivity index (χ0) is 30.3. The van der Waals surface area contributed by atoms with Gasteiger partial charge in [-0.3, -0.25) is 19.4 Å². The molecule has 2 aromatic rings. The molecule has 2 aromatic carbocycles. The first-order chi connectivity index (χ1) is 20.1. The highest BCUT2D eigenvalue weighted by atomic mass is 16.5. The fourth-order valence-corrected chi connectivity index (χ4v) is 5.94. The Morgan fingerprint density at radius 2 is 1.76 bits per heavy atom. The van der Waals surface area contributed by atoms with Crippen LogP contribution in [0.4, 0.5) is 0 Å². The van der Waals surface area contributed by atoms with Crippen molar-refractivity contribution in [2.75, 3.05) is 26.2 Å². The monoisotopic (exact) mass is 577 g/mol. The van der Waals surface area contributed by atoms with Gasteiger partial charge in [0.2, 0.25) is 11.8 Å². The van der Waals surface area contributed by atoms with Crippen LogP contribution in [0.1, 0.15) is 66.7 Å². The van der Waals surface area contributed by atoms with Gasteiger partial charge in [-0.15, -0.1) is 0 Å². The number of nitrogens with zero attached hydrogens (tertiary/aromatic N) is 2. The molecule has 3 N–H and O–H groups in total. The minimum atomic E-state index is -0.763. The molecule has 0 saturated carbocycles. The fraction of sp³-hybridized carbons (Fsp3) is 0.576. The molecule has 1 unspecified atom stereocenters. The van der Waals surface area contributed by atoms with Crippen molar-refractivity contribution in [1.29, 1.82) is 0 Å². The van der Waals surface area contributed by atoms with E-state index < -0.39 is 17.5 Å². The van der Waals surface area contributed by atoms with Gasteiger partial charge in [0.05, 0.1) is 13.1 Å². The lowest BCUT2D eigenvalue weighted by atomic mass is 9.84. The Morgan fingerprint density at radius 3 is 2.43 bits per heavy atom. The van der Waals surface area contributed by atoms with Crippen molar-refractivity contribution >= 4 is 34.3 Å².